The van der Waals surface area contributed by atoms with Gasteiger partial charge in [0, 0.05) is 16.8 Å². The van der Waals surface area contributed by atoms with E-state index in [1.165, 1.54) is 43.5 Å². The summed E-state index contributed by atoms with van der Waals surface area (Å²) in [6.45, 7) is 4.16. The second-order valence-electron chi connectivity index (χ2n) is 7.21. The summed E-state index contributed by atoms with van der Waals surface area (Å²) in [5, 5.41) is 0. The second kappa shape index (κ2) is 10.7. The number of nitrogens with one attached hydrogen (secondary N) is 3. The Balaban J connectivity index is 1.68. The van der Waals surface area contributed by atoms with E-state index in [9.17, 15) is 18.0 Å². The second-order valence-corrected chi connectivity index (χ2v) is 8.89. The highest BCUT2D eigenvalue weighted by Gasteiger charge is 2.17. The van der Waals surface area contributed by atoms with Gasteiger partial charge in [0.15, 0.2) is 11.5 Å². The molecule has 3 rings (SSSR count). The number of hydrazine groups is 1. The third-order valence-corrected chi connectivity index (χ3v) is 6.10. The molecule has 3 aromatic carbocycles. The molecular formula is C24H25N3O6S. The van der Waals surface area contributed by atoms with Crippen LogP contribution in [0.3, 0.4) is 0 Å². The van der Waals surface area contributed by atoms with Crippen LogP contribution in [0, 0.1) is 6.92 Å². The average Bonchev–Trinajstić information content (AvgIpc) is 2.84. The molecule has 178 valence electrons. The maximum Gasteiger partial charge on any atom is 0.269 e. The quantitative estimate of drug-likeness (QED) is 0.423. The van der Waals surface area contributed by atoms with Crippen molar-refractivity contribution in [1.82, 2.24) is 10.9 Å². The maximum absolute atomic E-state index is 12.7. The largest absolute Gasteiger partial charge is 0.493 e. The van der Waals surface area contributed by atoms with E-state index in [0.717, 1.165) is 5.56 Å². The van der Waals surface area contributed by atoms with Crippen molar-refractivity contribution in [3.05, 3.63) is 83.4 Å². The number of aryl methyl sites for hydroxylation is 1. The van der Waals surface area contributed by atoms with Crippen LogP contribution < -0.4 is 25.0 Å². The van der Waals surface area contributed by atoms with E-state index in [4.69, 9.17) is 9.47 Å². The Morgan fingerprint density at radius 2 is 1.50 bits per heavy atom. The van der Waals surface area contributed by atoms with Crippen molar-refractivity contribution < 1.29 is 27.5 Å². The van der Waals surface area contributed by atoms with E-state index < -0.39 is 21.8 Å². The van der Waals surface area contributed by atoms with Crippen LogP contribution in [-0.4, -0.2) is 33.9 Å². The van der Waals surface area contributed by atoms with Crippen LogP contribution in [0.4, 0.5) is 5.69 Å². The minimum atomic E-state index is -3.92. The average molecular weight is 484 g/mol. The maximum atomic E-state index is 12.7. The van der Waals surface area contributed by atoms with E-state index in [2.05, 4.69) is 15.6 Å². The molecule has 10 heteroatoms. The molecule has 3 aromatic rings. The number of benzene rings is 3. The first-order valence-corrected chi connectivity index (χ1v) is 11.8. The van der Waals surface area contributed by atoms with E-state index in [1.807, 2.05) is 13.8 Å². The number of rotatable bonds is 8. The van der Waals surface area contributed by atoms with Crippen LogP contribution in [0.2, 0.25) is 0 Å². The summed E-state index contributed by atoms with van der Waals surface area (Å²) in [6, 6.07) is 16.9. The third-order valence-electron chi connectivity index (χ3n) is 4.73. The molecule has 0 aromatic heterocycles. The molecule has 0 spiro atoms. The van der Waals surface area contributed by atoms with E-state index in [0.29, 0.717) is 23.8 Å². The fourth-order valence-corrected chi connectivity index (χ4v) is 4.09. The molecule has 0 aliphatic rings. The van der Waals surface area contributed by atoms with Gasteiger partial charge in [-0.1, -0.05) is 23.8 Å². The Kier molecular flexibility index (Phi) is 7.75. The van der Waals surface area contributed by atoms with Crippen LogP contribution in [0.25, 0.3) is 0 Å². The number of methoxy groups -OCH3 is 1. The number of sulfonamides is 1. The van der Waals surface area contributed by atoms with Gasteiger partial charge in [0.2, 0.25) is 0 Å². The molecule has 0 atom stereocenters. The molecule has 0 heterocycles. The van der Waals surface area contributed by atoms with Gasteiger partial charge in [0.1, 0.15) is 0 Å². The molecule has 0 saturated carbocycles. The first-order chi connectivity index (χ1) is 16.2. The van der Waals surface area contributed by atoms with Crippen LogP contribution >= 0.6 is 0 Å². The van der Waals surface area contributed by atoms with Crippen molar-refractivity contribution in [2.24, 2.45) is 0 Å². The number of carbonyl (C=O) groups is 2. The summed E-state index contributed by atoms with van der Waals surface area (Å²) in [7, 11) is -2.46. The summed E-state index contributed by atoms with van der Waals surface area (Å²) in [5.41, 5.74) is 6.27. The summed E-state index contributed by atoms with van der Waals surface area (Å²) < 4.78 is 38.5. The number of hydrogen-bond acceptors (Lipinski definition) is 6. The number of anilines is 1. The molecule has 9 nitrogen and oxygen atoms in total. The molecule has 34 heavy (non-hydrogen) atoms. The van der Waals surface area contributed by atoms with Crippen LogP contribution in [-0.2, 0) is 10.0 Å². The van der Waals surface area contributed by atoms with Crippen LogP contribution in [0.5, 0.6) is 11.5 Å². The molecule has 0 radical (unpaired) electrons. The van der Waals surface area contributed by atoms with E-state index in [1.54, 1.807) is 30.3 Å². The monoisotopic (exact) mass is 483 g/mol. The van der Waals surface area contributed by atoms with Crippen LogP contribution in [0.1, 0.15) is 33.2 Å². The molecule has 0 aliphatic heterocycles. The lowest BCUT2D eigenvalue weighted by Gasteiger charge is -2.12. The molecule has 0 saturated heterocycles. The first kappa shape index (κ1) is 24.6. The summed E-state index contributed by atoms with van der Waals surface area (Å²) in [4.78, 5) is 24.9. The van der Waals surface area contributed by atoms with Gasteiger partial charge in [-0.15, -0.1) is 0 Å². The standard InChI is InChI=1S/C24H25N3O6S/c1-4-33-21-13-10-18(15-22(21)32-3)24(29)26-25-23(28)17-6-5-7-20(14-17)34(30,31)27-19-11-8-16(2)9-12-19/h5-15,27H,4H2,1-3H3,(H,25,28)(H,26,29). The molecular weight excluding hydrogens is 458 g/mol. The lowest BCUT2D eigenvalue weighted by Crippen LogP contribution is -2.41. The number of hydrogen-bond donors (Lipinski definition) is 3. The van der Waals surface area contributed by atoms with Crippen molar-refractivity contribution in [1.29, 1.82) is 0 Å². The highest BCUT2D eigenvalue weighted by molar-refractivity contribution is 7.92. The van der Waals surface area contributed by atoms with Crippen molar-refractivity contribution in [3.63, 3.8) is 0 Å². The van der Waals surface area contributed by atoms with Crippen molar-refractivity contribution >= 4 is 27.5 Å². The molecule has 0 fully saturated rings. The highest BCUT2D eigenvalue weighted by atomic mass is 32.2. The smallest absolute Gasteiger partial charge is 0.269 e. The Morgan fingerprint density at radius 3 is 2.12 bits per heavy atom. The Bertz CT molecular complexity index is 1290. The SMILES string of the molecule is CCOc1ccc(C(=O)NNC(=O)c2cccc(S(=O)(=O)Nc3ccc(C)cc3)c2)cc1OC. The summed E-state index contributed by atoms with van der Waals surface area (Å²) >= 11 is 0. The molecule has 3 N–H and O–H groups in total. The fourth-order valence-electron chi connectivity index (χ4n) is 2.98. The van der Waals surface area contributed by atoms with Gasteiger partial charge in [-0.25, -0.2) is 8.42 Å². The Labute approximate surface area is 198 Å². The van der Waals surface area contributed by atoms with Gasteiger partial charge in [-0.2, -0.15) is 0 Å². The van der Waals surface area contributed by atoms with Crippen LogP contribution in [0.15, 0.2) is 71.6 Å². The molecule has 0 bridgehead atoms. The van der Waals surface area contributed by atoms with Gasteiger partial charge < -0.3 is 9.47 Å². The predicted octanol–water partition coefficient (Wildman–Crippen LogP) is 3.28. The van der Waals surface area contributed by atoms with Gasteiger partial charge in [0.05, 0.1) is 18.6 Å². The zero-order valence-corrected chi connectivity index (χ0v) is 19.7. The lowest BCUT2D eigenvalue weighted by molar-refractivity contribution is 0.0846. The lowest BCUT2D eigenvalue weighted by atomic mass is 10.2. The highest BCUT2D eigenvalue weighted by Crippen LogP contribution is 2.28. The Morgan fingerprint density at radius 1 is 0.853 bits per heavy atom. The minimum absolute atomic E-state index is 0.0522. The topological polar surface area (TPSA) is 123 Å². The first-order valence-electron chi connectivity index (χ1n) is 10.3. The van der Waals surface area contributed by atoms with E-state index >= 15 is 0 Å². The Hall–Kier alpha value is -4.05. The number of ether oxygens (including phenoxy) is 2. The number of amides is 2. The molecule has 0 unspecified atom stereocenters. The van der Waals surface area contributed by atoms with Gasteiger partial charge in [0.25, 0.3) is 21.8 Å². The predicted molar refractivity (Wildman–Crippen MR) is 128 cm³/mol. The van der Waals surface area contributed by atoms with Gasteiger partial charge >= 0.3 is 0 Å². The van der Waals surface area contributed by atoms with Crippen molar-refractivity contribution in [2.45, 2.75) is 18.7 Å². The van der Waals surface area contributed by atoms with Gasteiger partial charge in [-0.05, 0) is 62.4 Å². The fraction of sp³-hybridized carbons (Fsp3) is 0.167. The van der Waals surface area contributed by atoms with Gasteiger partial charge in [-0.3, -0.25) is 25.2 Å². The van der Waals surface area contributed by atoms with Crippen molar-refractivity contribution in [3.8, 4) is 11.5 Å². The number of carbonyl (C=O) groups excluding carboxylic acids is 2. The normalized spacial score (nSPS) is 10.8. The molecule has 2 amide bonds. The minimum Gasteiger partial charge on any atom is -0.493 e. The molecule has 0 aliphatic carbocycles. The van der Waals surface area contributed by atoms with Crippen molar-refractivity contribution in [2.75, 3.05) is 18.4 Å². The summed E-state index contributed by atoms with van der Waals surface area (Å²) in [6.07, 6.45) is 0. The third kappa shape index (κ3) is 6.04. The zero-order valence-electron chi connectivity index (χ0n) is 18.9. The van der Waals surface area contributed by atoms with E-state index in [-0.39, 0.29) is 16.0 Å². The summed E-state index contributed by atoms with van der Waals surface area (Å²) in [5.74, 6) is -0.402. The zero-order chi connectivity index (χ0) is 24.7.